The van der Waals surface area contributed by atoms with E-state index in [1.165, 1.54) is 0 Å². The predicted octanol–water partition coefficient (Wildman–Crippen LogP) is 3.75. The highest BCUT2D eigenvalue weighted by Gasteiger charge is 2.18. The van der Waals surface area contributed by atoms with Crippen molar-refractivity contribution in [3.63, 3.8) is 0 Å². The molecule has 2 rings (SSSR count). The van der Waals surface area contributed by atoms with Crippen LogP contribution in [0.25, 0.3) is 0 Å². The summed E-state index contributed by atoms with van der Waals surface area (Å²) in [5.74, 6) is 1.74. The largest absolute Gasteiger partial charge is 0.494 e. The molecule has 0 fully saturated rings. The van der Waals surface area contributed by atoms with Crippen molar-refractivity contribution in [3.8, 4) is 5.75 Å². The molecule has 4 heteroatoms. The number of benzene rings is 1. The Labute approximate surface area is 115 Å². The number of ether oxygens (including phenoxy) is 1. The van der Waals surface area contributed by atoms with E-state index in [0.29, 0.717) is 6.61 Å². The summed E-state index contributed by atoms with van der Waals surface area (Å²) in [6, 6.07) is 9.93. The molecule has 0 spiro atoms. The fraction of sp³-hybridized carbons (Fsp3) is 0.286. The highest BCUT2D eigenvalue weighted by atomic mass is 79.9. The van der Waals surface area contributed by atoms with Gasteiger partial charge in [0.25, 0.3) is 0 Å². The zero-order valence-corrected chi connectivity index (χ0v) is 12.0. The summed E-state index contributed by atoms with van der Waals surface area (Å²) in [7, 11) is 1.91. The Kier molecular flexibility index (Phi) is 4.44. The molecule has 0 saturated carbocycles. The third-order valence-electron chi connectivity index (χ3n) is 2.70. The van der Waals surface area contributed by atoms with E-state index < -0.39 is 0 Å². The fourth-order valence-electron chi connectivity index (χ4n) is 1.91. The lowest BCUT2D eigenvalue weighted by molar-refractivity contribution is 0.339. The lowest BCUT2D eigenvalue weighted by Crippen LogP contribution is -2.17. The van der Waals surface area contributed by atoms with Crippen molar-refractivity contribution in [2.45, 2.75) is 13.0 Å². The first-order chi connectivity index (χ1) is 8.76. The molecule has 0 radical (unpaired) electrons. The minimum atomic E-state index is 0.00906. The Morgan fingerprint density at radius 3 is 2.83 bits per heavy atom. The molecule has 1 heterocycles. The number of halogens is 1. The maximum atomic E-state index is 5.52. The molecule has 18 heavy (non-hydrogen) atoms. The maximum Gasteiger partial charge on any atom is 0.139 e. The average Bonchev–Trinajstić information content (AvgIpc) is 2.78. The molecular formula is C14H16BrNO2. The molecule has 1 aromatic carbocycles. The summed E-state index contributed by atoms with van der Waals surface area (Å²) in [5.41, 5.74) is 1.11. The summed E-state index contributed by atoms with van der Waals surface area (Å²) in [4.78, 5) is 0. The summed E-state index contributed by atoms with van der Waals surface area (Å²) in [6.07, 6.45) is 1.68. The van der Waals surface area contributed by atoms with Crippen molar-refractivity contribution < 1.29 is 9.15 Å². The molecule has 96 valence electrons. The van der Waals surface area contributed by atoms with E-state index in [9.17, 15) is 0 Å². The van der Waals surface area contributed by atoms with Gasteiger partial charge in [-0.2, -0.15) is 0 Å². The van der Waals surface area contributed by atoms with Crippen LogP contribution in [0.15, 0.2) is 45.5 Å². The zero-order valence-electron chi connectivity index (χ0n) is 10.4. The Bertz CT molecular complexity index is 510. The number of nitrogens with one attached hydrogen (secondary N) is 1. The predicted molar refractivity (Wildman–Crippen MR) is 74.9 cm³/mol. The minimum absolute atomic E-state index is 0.00906. The van der Waals surface area contributed by atoms with Gasteiger partial charge >= 0.3 is 0 Å². The van der Waals surface area contributed by atoms with Gasteiger partial charge in [0.1, 0.15) is 11.5 Å². The normalized spacial score (nSPS) is 12.4. The molecule has 0 aliphatic rings. The molecule has 0 saturated heterocycles. The van der Waals surface area contributed by atoms with Gasteiger partial charge in [0, 0.05) is 0 Å². The van der Waals surface area contributed by atoms with E-state index in [2.05, 4.69) is 27.3 Å². The van der Waals surface area contributed by atoms with Gasteiger partial charge in [-0.3, -0.25) is 0 Å². The smallest absolute Gasteiger partial charge is 0.139 e. The molecule has 0 aliphatic heterocycles. The first kappa shape index (κ1) is 13.2. The first-order valence-corrected chi connectivity index (χ1v) is 6.68. The molecule has 1 aromatic heterocycles. The van der Waals surface area contributed by atoms with Gasteiger partial charge in [-0.05, 0) is 53.7 Å². The quantitative estimate of drug-likeness (QED) is 0.913. The number of hydrogen-bond acceptors (Lipinski definition) is 3. The van der Waals surface area contributed by atoms with Crippen LogP contribution in [0, 0.1) is 0 Å². The average molecular weight is 310 g/mol. The van der Waals surface area contributed by atoms with Crippen molar-refractivity contribution in [3.05, 3.63) is 52.4 Å². The summed E-state index contributed by atoms with van der Waals surface area (Å²) in [6.45, 7) is 2.64. The highest BCUT2D eigenvalue weighted by molar-refractivity contribution is 9.10. The van der Waals surface area contributed by atoms with Gasteiger partial charge in [0.2, 0.25) is 0 Å². The third-order valence-corrected chi connectivity index (χ3v) is 3.35. The number of rotatable bonds is 5. The Balaban J connectivity index is 2.33. The van der Waals surface area contributed by atoms with Crippen LogP contribution in [0.1, 0.15) is 24.3 Å². The molecule has 0 bridgehead atoms. The summed E-state index contributed by atoms with van der Waals surface area (Å²) >= 11 is 3.49. The van der Waals surface area contributed by atoms with Crippen molar-refractivity contribution >= 4 is 15.9 Å². The molecule has 3 nitrogen and oxygen atoms in total. The Morgan fingerprint density at radius 2 is 2.22 bits per heavy atom. The first-order valence-electron chi connectivity index (χ1n) is 5.89. The lowest BCUT2D eigenvalue weighted by atomic mass is 10.0. The molecule has 0 aliphatic carbocycles. The van der Waals surface area contributed by atoms with Gasteiger partial charge in [-0.1, -0.05) is 12.1 Å². The minimum Gasteiger partial charge on any atom is -0.494 e. The van der Waals surface area contributed by atoms with Crippen molar-refractivity contribution in [1.29, 1.82) is 0 Å². The summed E-state index contributed by atoms with van der Waals surface area (Å²) in [5, 5.41) is 3.25. The van der Waals surface area contributed by atoms with Crippen LogP contribution >= 0.6 is 15.9 Å². The van der Waals surface area contributed by atoms with Crippen LogP contribution in [-0.2, 0) is 0 Å². The molecule has 1 unspecified atom stereocenters. The van der Waals surface area contributed by atoms with Crippen LogP contribution in [0.4, 0.5) is 0 Å². The van der Waals surface area contributed by atoms with Gasteiger partial charge < -0.3 is 14.5 Å². The van der Waals surface area contributed by atoms with Crippen molar-refractivity contribution in [1.82, 2.24) is 5.32 Å². The van der Waals surface area contributed by atoms with Gasteiger partial charge in [-0.25, -0.2) is 0 Å². The summed E-state index contributed by atoms with van der Waals surface area (Å²) < 4.78 is 12.0. The van der Waals surface area contributed by atoms with Gasteiger partial charge in [0.15, 0.2) is 0 Å². The van der Waals surface area contributed by atoms with E-state index >= 15 is 0 Å². The lowest BCUT2D eigenvalue weighted by Gasteiger charge is -2.16. The Hall–Kier alpha value is -1.26. The van der Waals surface area contributed by atoms with Crippen LogP contribution in [0.2, 0.25) is 0 Å². The molecule has 2 aromatic rings. The van der Waals surface area contributed by atoms with Crippen LogP contribution in [0.5, 0.6) is 5.75 Å². The fourth-order valence-corrected chi connectivity index (χ4v) is 2.34. The standard InChI is InChI=1S/C14H16BrNO2/c1-3-17-11-6-4-5-10(9-11)13(16-2)14-12(15)7-8-18-14/h4-9,13,16H,3H2,1-2H3. The van der Waals surface area contributed by atoms with Crippen LogP contribution in [-0.4, -0.2) is 13.7 Å². The number of furan rings is 1. The monoisotopic (exact) mass is 309 g/mol. The molecule has 0 amide bonds. The molecule has 1 N–H and O–H groups in total. The molecular weight excluding hydrogens is 294 g/mol. The second-order valence-electron chi connectivity index (χ2n) is 3.86. The second-order valence-corrected chi connectivity index (χ2v) is 4.71. The van der Waals surface area contributed by atoms with E-state index in [0.717, 1.165) is 21.5 Å². The SMILES string of the molecule is CCOc1cccc(C(NC)c2occc2Br)c1. The Morgan fingerprint density at radius 1 is 1.39 bits per heavy atom. The van der Waals surface area contributed by atoms with E-state index in [4.69, 9.17) is 9.15 Å². The van der Waals surface area contributed by atoms with Crippen LogP contribution < -0.4 is 10.1 Å². The molecule has 1 atom stereocenters. The van der Waals surface area contributed by atoms with Gasteiger partial charge in [0.05, 0.1) is 23.4 Å². The third kappa shape index (κ3) is 2.76. The van der Waals surface area contributed by atoms with Gasteiger partial charge in [-0.15, -0.1) is 0 Å². The van der Waals surface area contributed by atoms with E-state index in [1.807, 2.05) is 38.2 Å². The highest BCUT2D eigenvalue weighted by Crippen LogP contribution is 2.30. The second kappa shape index (κ2) is 6.07. The number of hydrogen-bond donors (Lipinski definition) is 1. The van der Waals surface area contributed by atoms with E-state index in [1.54, 1.807) is 6.26 Å². The van der Waals surface area contributed by atoms with Crippen molar-refractivity contribution in [2.75, 3.05) is 13.7 Å². The topological polar surface area (TPSA) is 34.4 Å². The van der Waals surface area contributed by atoms with Crippen LogP contribution in [0.3, 0.4) is 0 Å². The van der Waals surface area contributed by atoms with Crippen molar-refractivity contribution in [2.24, 2.45) is 0 Å². The maximum absolute atomic E-state index is 5.52. The zero-order chi connectivity index (χ0) is 13.0. The van der Waals surface area contributed by atoms with E-state index in [-0.39, 0.29) is 6.04 Å².